The molecule has 2 rings (SSSR count). The minimum absolute atomic E-state index is 0.0679. The van der Waals surface area contributed by atoms with Crippen LogP contribution in [0.15, 0.2) is 4.99 Å². The lowest BCUT2D eigenvalue weighted by Gasteiger charge is -2.39. The number of alkyl halides is 3. The summed E-state index contributed by atoms with van der Waals surface area (Å²) in [6.45, 7) is 3.26. The van der Waals surface area contributed by atoms with Crippen molar-refractivity contribution >= 4 is 15.8 Å². The van der Waals surface area contributed by atoms with E-state index in [0.29, 0.717) is 45.1 Å². The van der Waals surface area contributed by atoms with Gasteiger partial charge >= 0.3 is 6.18 Å². The van der Waals surface area contributed by atoms with Crippen LogP contribution in [0.5, 0.6) is 0 Å². The minimum Gasteiger partial charge on any atom is -0.356 e. The number of sulfone groups is 1. The molecule has 0 aromatic heterocycles. The van der Waals surface area contributed by atoms with Crippen LogP contribution in [0.4, 0.5) is 13.2 Å². The standard InChI is InChI=1S/C14H25F3N4O2S/c1-11(14(15,16)17)20-4-6-21(7-5-20)13(18-2)19-9-12-3-8-24(22,23)10-12/h11-12H,3-10H2,1-2H3,(H,18,19). The summed E-state index contributed by atoms with van der Waals surface area (Å²) < 4.78 is 61.3. The van der Waals surface area contributed by atoms with E-state index in [2.05, 4.69) is 10.3 Å². The molecule has 140 valence electrons. The first-order chi connectivity index (χ1) is 11.1. The number of piperazine rings is 1. The first kappa shape index (κ1) is 19.3. The molecule has 2 saturated heterocycles. The molecule has 2 fully saturated rings. The van der Waals surface area contributed by atoms with Gasteiger partial charge in [-0.3, -0.25) is 9.89 Å². The fourth-order valence-corrected chi connectivity index (χ4v) is 4.99. The lowest BCUT2D eigenvalue weighted by atomic mass is 10.1. The van der Waals surface area contributed by atoms with Crippen molar-refractivity contribution in [2.45, 2.75) is 25.6 Å². The van der Waals surface area contributed by atoms with E-state index >= 15 is 0 Å². The first-order valence-electron chi connectivity index (χ1n) is 8.09. The monoisotopic (exact) mass is 370 g/mol. The third-order valence-corrected chi connectivity index (χ3v) is 6.56. The molecule has 10 heteroatoms. The van der Waals surface area contributed by atoms with Crippen LogP contribution in [0.3, 0.4) is 0 Å². The number of hydrogen-bond donors (Lipinski definition) is 1. The predicted octanol–water partition coefficient (Wildman–Crippen LogP) is 0.565. The third kappa shape index (κ3) is 4.98. The van der Waals surface area contributed by atoms with Crippen molar-refractivity contribution in [3.8, 4) is 0 Å². The fraction of sp³-hybridized carbons (Fsp3) is 0.929. The van der Waals surface area contributed by atoms with Crippen LogP contribution in [0, 0.1) is 5.92 Å². The zero-order valence-corrected chi connectivity index (χ0v) is 14.8. The van der Waals surface area contributed by atoms with Crippen molar-refractivity contribution in [2.24, 2.45) is 10.9 Å². The van der Waals surface area contributed by atoms with E-state index in [0.717, 1.165) is 0 Å². The molecule has 2 aliphatic heterocycles. The van der Waals surface area contributed by atoms with Crippen molar-refractivity contribution in [1.82, 2.24) is 15.1 Å². The molecule has 2 aliphatic rings. The van der Waals surface area contributed by atoms with Crippen LogP contribution in [-0.4, -0.2) is 87.7 Å². The van der Waals surface area contributed by atoms with Crippen molar-refractivity contribution in [3.63, 3.8) is 0 Å². The molecule has 24 heavy (non-hydrogen) atoms. The van der Waals surface area contributed by atoms with E-state index in [1.807, 2.05) is 4.90 Å². The molecule has 0 saturated carbocycles. The summed E-state index contributed by atoms with van der Waals surface area (Å²) in [5, 5.41) is 3.16. The molecule has 0 amide bonds. The highest BCUT2D eigenvalue weighted by molar-refractivity contribution is 7.91. The van der Waals surface area contributed by atoms with Crippen molar-refractivity contribution in [3.05, 3.63) is 0 Å². The largest absolute Gasteiger partial charge is 0.403 e. The Morgan fingerprint density at radius 1 is 1.29 bits per heavy atom. The molecule has 0 aromatic rings. The highest BCUT2D eigenvalue weighted by Crippen LogP contribution is 2.25. The Labute approximate surface area is 141 Å². The molecule has 1 N–H and O–H groups in total. The lowest BCUT2D eigenvalue weighted by Crippen LogP contribution is -2.57. The number of hydrogen-bond acceptors (Lipinski definition) is 4. The topological polar surface area (TPSA) is 65.0 Å². The number of guanidine groups is 1. The highest BCUT2D eigenvalue weighted by atomic mass is 32.2. The van der Waals surface area contributed by atoms with Crippen LogP contribution in [0.25, 0.3) is 0 Å². The molecule has 0 spiro atoms. The van der Waals surface area contributed by atoms with Gasteiger partial charge in [0.05, 0.1) is 11.5 Å². The summed E-state index contributed by atoms with van der Waals surface area (Å²) >= 11 is 0. The molecule has 0 aliphatic carbocycles. The zero-order chi connectivity index (χ0) is 18.0. The van der Waals surface area contributed by atoms with Crippen LogP contribution in [-0.2, 0) is 9.84 Å². The van der Waals surface area contributed by atoms with E-state index in [9.17, 15) is 21.6 Å². The number of halogens is 3. The lowest BCUT2D eigenvalue weighted by molar-refractivity contribution is -0.181. The summed E-state index contributed by atoms with van der Waals surface area (Å²) in [7, 11) is -1.29. The van der Waals surface area contributed by atoms with Gasteiger partial charge in [0.1, 0.15) is 6.04 Å². The van der Waals surface area contributed by atoms with Crippen LogP contribution < -0.4 is 5.32 Å². The van der Waals surface area contributed by atoms with Gasteiger partial charge in [0.2, 0.25) is 0 Å². The third-order valence-electron chi connectivity index (χ3n) is 4.72. The SMILES string of the molecule is CN=C(NCC1CCS(=O)(=O)C1)N1CCN(C(C)C(F)(F)F)CC1. The second-order valence-electron chi connectivity index (χ2n) is 6.44. The van der Waals surface area contributed by atoms with Gasteiger partial charge in [-0.25, -0.2) is 8.42 Å². The molecule has 2 unspecified atom stereocenters. The smallest absolute Gasteiger partial charge is 0.356 e. The van der Waals surface area contributed by atoms with E-state index < -0.39 is 22.1 Å². The fourth-order valence-electron chi connectivity index (χ4n) is 3.13. The van der Waals surface area contributed by atoms with Crippen LogP contribution in [0.1, 0.15) is 13.3 Å². The molecular weight excluding hydrogens is 345 g/mol. The molecule has 2 atom stereocenters. The van der Waals surface area contributed by atoms with Crippen molar-refractivity contribution < 1.29 is 21.6 Å². The van der Waals surface area contributed by atoms with Crippen molar-refractivity contribution in [1.29, 1.82) is 0 Å². The van der Waals surface area contributed by atoms with Gasteiger partial charge in [-0.2, -0.15) is 13.2 Å². The summed E-state index contributed by atoms with van der Waals surface area (Å²) in [5.74, 6) is 1.11. The maximum atomic E-state index is 12.8. The van der Waals surface area contributed by atoms with Gasteiger partial charge in [-0.05, 0) is 19.3 Å². The average Bonchev–Trinajstić information content (AvgIpc) is 2.86. The molecule has 0 aromatic carbocycles. The van der Waals surface area contributed by atoms with Crippen LogP contribution >= 0.6 is 0 Å². The summed E-state index contributed by atoms with van der Waals surface area (Å²) in [6, 6.07) is -1.45. The van der Waals surface area contributed by atoms with Gasteiger partial charge in [0, 0.05) is 39.8 Å². The van der Waals surface area contributed by atoms with Crippen molar-refractivity contribution in [2.75, 3.05) is 51.3 Å². The van der Waals surface area contributed by atoms with E-state index in [-0.39, 0.29) is 17.4 Å². The zero-order valence-electron chi connectivity index (χ0n) is 14.0. The van der Waals surface area contributed by atoms with E-state index in [1.54, 1.807) is 7.05 Å². The second-order valence-corrected chi connectivity index (χ2v) is 8.67. The molecule has 0 radical (unpaired) electrons. The molecular formula is C14H25F3N4O2S. The molecule has 6 nitrogen and oxygen atoms in total. The normalized spacial score (nSPS) is 27.3. The Morgan fingerprint density at radius 2 is 1.92 bits per heavy atom. The van der Waals surface area contributed by atoms with Gasteiger partial charge in [0.15, 0.2) is 15.8 Å². The minimum atomic E-state index is -4.21. The highest BCUT2D eigenvalue weighted by Gasteiger charge is 2.41. The van der Waals surface area contributed by atoms with E-state index in [1.165, 1.54) is 11.8 Å². The Kier molecular flexibility index (Phi) is 6.00. The quantitative estimate of drug-likeness (QED) is 0.581. The predicted molar refractivity (Wildman–Crippen MR) is 86.8 cm³/mol. The van der Waals surface area contributed by atoms with E-state index in [4.69, 9.17) is 0 Å². The summed E-state index contributed by atoms with van der Waals surface area (Å²) in [5.41, 5.74) is 0. The Balaban J connectivity index is 1.81. The number of nitrogens with one attached hydrogen (secondary N) is 1. The van der Waals surface area contributed by atoms with Crippen LogP contribution in [0.2, 0.25) is 0 Å². The summed E-state index contributed by atoms with van der Waals surface area (Å²) in [6.07, 6.45) is -3.57. The Morgan fingerprint density at radius 3 is 2.38 bits per heavy atom. The number of nitrogens with zero attached hydrogens (tertiary/aromatic N) is 3. The average molecular weight is 370 g/mol. The maximum Gasteiger partial charge on any atom is 0.403 e. The number of aliphatic imine (C=N–C) groups is 1. The first-order valence-corrected chi connectivity index (χ1v) is 9.91. The molecule has 2 heterocycles. The Hall–Kier alpha value is -1.03. The second kappa shape index (κ2) is 7.47. The van der Waals surface area contributed by atoms with Gasteiger partial charge in [-0.1, -0.05) is 0 Å². The number of rotatable bonds is 3. The molecule has 0 bridgehead atoms. The Bertz CT molecular complexity index is 557. The summed E-state index contributed by atoms with van der Waals surface area (Å²) in [4.78, 5) is 7.51. The van der Waals surface area contributed by atoms with Gasteiger partial charge in [0.25, 0.3) is 0 Å². The van der Waals surface area contributed by atoms with Gasteiger partial charge < -0.3 is 10.2 Å². The maximum absolute atomic E-state index is 12.8. The van der Waals surface area contributed by atoms with Gasteiger partial charge in [-0.15, -0.1) is 0 Å².